The summed E-state index contributed by atoms with van der Waals surface area (Å²) in [5, 5.41) is 29.1. The van der Waals surface area contributed by atoms with Gasteiger partial charge < -0.3 is 14.2 Å². The van der Waals surface area contributed by atoms with Gasteiger partial charge in [-0.2, -0.15) is 10.5 Å². The van der Waals surface area contributed by atoms with Crippen LogP contribution in [0.25, 0.3) is 21.8 Å². The fourth-order valence-corrected chi connectivity index (χ4v) is 6.85. The lowest BCUT2D eigenvalue weighted by molar-refractivity contribution is -0.120. The Labute approximate surface area is 247 Å². The van der Waals surface area contributed by atoms with E-state index in [1.54, 1.807) is 12.1 Å². The summed E-state index contributed by atoms with van der Waals surface area (Å²) < 4.78 is 33.5. The second kappa shape index (κ2) is 11.8. The Hall–Kier alpha value is -3.05. The van der Waals surface area contributed by atoms with E-state index in [1.165, 1.54) is 12.1 Å². The normalized spacial score (nSPS) is 19.7. The fraction of sp³-hybridized carbons (Fsp3) is 0.367. The van der Waals surface area contributed by atoms with Gasteiger partial charge in [0.05, 0.1) is 28.3 Å². The van der Waals surface area contributed by atoms with E-state index in [1.807, 2.05) is 29.1 Å². The first-order valence-corrected chi connectivity index (χ1v) is 14.8. The number of carbonyl (C=O) groups excluding carboxylic acids is 1. The summed E-state index contributed by atoms with van der Waals surface area (Å²) >= 11 is 6.95. The number of aromatic nitrogens is 2. The highest BCUT2D eigenvalue weighted by atomic mass is 79.9. The number of ketones is 1. The smallest absolute Gasteiger partial charge is 0.143 e. The van der Waals surface area contributed by atoms with Crippen molar-refractivity contribution >= 4 is 59.4 Å². The van der Waals surface area contributed by atoms with Gasteiger partial charge in [0.25, 0.3) is 0 Å². The van der Waals surface area contributed by atoms with Gasteiger partial charge in [-0.1, -0.05) is 0 Å². The molecule has 40 heavy (non-hydrogen) atoms. The molecule has 10 heteroatoms. The van der Waals surface area contributed by atoms with Crippen LogP contribution in [0, 0.1) is 34.3 Å². The number of fused-ring (bicyclic) bond motifs is 2. The van der Waals surface area contributed by atoms with E-state index in [9.17, 15) is 18.7 Å². The first-order chi connectivity index (χ1) is 19.2. The number of rotatable bonds is 2. The second-order valence-corrected chi connectivity index (χ2v) is 12.1. The van der Waals surface area contributed by atoms with Crippen molar-refractivity contribution in [2.75, 3.05) is 0 Å². The highest BCUT2D eigenvalue weighted by Crippen LogP contribution is 2.37. The molecule has 4 aromatic rings. The van der Waals surface area contributed by atoms with E-state index in [-0.39, 0.29) is 29.3 Å². The van der Waals surface area contributed by atoms with Crippen LogP contribution in [0.1, 0.15) is 74.6 Å². The van der Waals surface area contributed by atoms with Gasteiger partial charge in [-0.05, 0) is 94.7 Å². The minimum Gasteiger partial charge on any atom is -0.393 e. The summed E-state index contributed by atoms with van der Waals surface area (Å²) in [4.78, 5) is 11.3. The topological polar surface area (TPSA) is 94.7 Å². The Morgan fingerprint density at radius 1 is 0.750 bits per heavy atom. The molecule has 6 rings (SSSR count). The van der Waals surface area contributed by atoms with Crippen LogP contribution in [-0.2, 0) is 4.79 Å². The monoisotopic (exact) mass is 670 g/mol. The molecule has 0 saturated heterocycles. The van der Waals surface area contributed by atoms with Crippen LogP contribution in [-0.4, -0.2) is 26.1 Å². The minimum absolute atomic E-state index is 0.0507. The van der Waals surface area contributed by atoms with Crippen LogP contribution in [0.2, 0.25) is 0 Å². The van der Waals surface area contributed by atoms with Gasteiger partial charge >= 0.3 is 0 Å². The fourth-order valence-electron chi connectivity index (χ4n) is 5.77. The zero-order chi connectivity index (χ0) is 28.6. The number of aliphatic hydroxyl groups is 1. The molecule has 1 N–H and O–H groups in total. The predicted octanol–water partition coefficient (Wildman–Crippen LogP) is 7.99. The molecule has 0 amide bonds. The number of nitrogens with zero attached hydrogens (tertiary/aromatic N) is 4. The number of hydrogen-bond acceptors (Lipinski definition) is 4. The van der Waals surface area contributed by atoms with Gasteiger partial charge in [0.15, 0.2) is 0 Å². The summed E-state index contributed by atoms with van der Waals surface area (Å²) in [6.07, 6.45) is 9.74. The summed E-state index contributed by atoms with van der Waals surface area (Å²) in [5.41, 5.74) is 1.69. The zero-order valence-electron chi connectivity index (χ0n) is 21.5. The van der Waals surface area contributed by atoms with Crippen LogP contribution < -0.4 is 0 Å². The van der Waals surface area contributed by atoms with Crippen molar-refractivity contribution in [3.8, 4) is 12.1 Å². The van der Waals surface area contributed by atoms with E-state index in [4.69, 9.17) is 10.5 Å². The summed E-state index contributed by atoms with van der Waals surface area (Å²) in [6.45, 7) is 0. The standard InChI is InChI=1S/C15H14BrFN2O.C15H12BrFN2O/c2*16-13-8-19(10-1-3-11(20)4-2-10)15-6-14(17)9(7-18)5-12(13)15/h5-6,8,10-11,20H,1-4H2;5-6,8,10H,1-4H2. The van der Waals surface area contributed by atoms with Crippen LogP contribution in [0.15, 0.2) is 45.6 Å². The van der Waals surface area contributed by atoms with Crippen molar-refractivity contribution in [2.24, 2.45) is 0 Å². The Morgan fingerprint density at radius 3 is 1.60 bits per heavy atom. The number of aliphatic hydroxyl groups excluding tert-OH is 1. The molecule has 2 aliphatic carbocycles. The average molecular weight is 672 g/mol. The summed E-state index contributed by atoms with van der Waals surface area (Å²) in [6, 6.07) is 10.2. The molecule has 0 aliphatic heterocycles. The van der Waals surface area contributed by atoms with E-state index in [2.05, 4.69) is 36.4 Å². The van der Waals surface area contributed by atoms with Crippen molar-refractivity contribution in [2.45, 2.75) is 69.6 Å². The van der Waals surface area contributed by atoms with Crippen LogP contribution in [0.5, 0.6) is 0 Å². The molecular formula is C30H26Br2F2N4O2. The Morgan fingerprint density at radius 2 is 1.18 bits per heavy atom. The molecule has 206 valence electrons. The van der Waals surface area contributed by atoms with Gasteiger partial charge in [-0.25, -0.2) is 8.78 Å². The molecule has 0 atom stereocenters. The quantitative estimate of drug-likeness (QED) is 0.234. The number of hydrogen-bond donors (Lipinski definition) is 1. The van der Waals surface area contributed by atoms with E-state index in [0.29, 0.717) is 18.6 Å². The van der Waals surface area contributed by atoms with Crippen LogP contribution in [0.3, 0.4) is 0 Å². The first kappa shape index (κ1) is 28.5. The van der Waals surface area contributed by atoms with Crippen molar-refractivity contribution in [1.82, 2.24) is 9.13 Å². The molecule has 2 heterocycles. The number of halogens is 4. The molecule has 0 unspecified atom stereocenters. The number of carbonyl (C=O) groups is 1. The van der Waals surface area contributed by atoms with Crippen LogP contribution in [0.4, 0.5) is 8.78 Å². The largest absolute Gasteiger partial charge is 0.393 e. The van der Waals surface area contributed by atoms with Crippen molar-refractivity contribution in [3.63, 3.8) is 0 Å². The van der Waals surface area contributed by atoms with Crippen LogP contribution >= 0.6 is 31.9 Å². The molecule has 2 aliphatic rings. The van der Waals surface area contributed by atoms with E-state index < -0.39 is 11.6 Å². The zero-order valence-corrected chi connectivity index (χ0v) is 24.7. The minimum atomic E-state index is -0.501. The Balaban J connectivity index is 0.000000161. The van der Waals surface area contributed by atoms with Crippen molar-refractivity contribution < 1.29 is 18.7 Å². The third kappa shape index (κ3) is 5.58. The molecule has 0 spiro atoms. The van der Waals surface area contributed by atoms with Gasteiger partial charge in [0.2, 0.25) is 0 Å². The van der Waals surface area contributed by atoms with E-state index in [0.717, 1.165) is 69.3 Å². The number of nitriles is 2. The lowest BCUT2D eigenvalue weighted by Crippen LogP contribution is -2.20. The van der Waals surface area contributed by atoms with Gasteiger partial charge in [-0.15, -0.1) is 0 Å². The molecule has 0 radical (unpaired) electrons. The lowest BCUT2D eigenvalue weighted by Gasteiger charge is -2.27. The predicted molar refractivity (Wildman–Crippen MR) is 155 cm³/mol. The summed E-state index contributed by atoms with van der Waals surface area (Å²) in [7, 11) is 0. The molecule has 0 bridgehead atoms. The first-order valence-electron chi connectivity index (χ1n) is 13.2. The second-order valence-electron chi connectivity index (χ2n) is 10.4. The van der Waals surface area contributed by atoms with Gasteiger partial charge in [0.1, 0.15) is 29.6 Å². The Bertz CT molecular complexity index is 1680. The van der Waals surface area contributed by atoms with Crippen molar-refractivity contribution in [1.29, 1.82) is 10.5 Å². The number of Topliss-reactive ketones (excluding diaryl/α,β-unsaturated/α-hetero) is 1. The van der Waals surface area contributed by atoms with Crippen molar-refractivity contribution in [3.05, 3.63) is 68.4 Å². The maximum atomic E-state index is 13.8. The highest BCUT2D eigenvalue weighted by molar-refractivity contribution is 9.11. The van der Waals surface area contributed by atoms with Gasteiger partial charge in [-0.3, -0.25) is 4.79 Å². The summed E-state index contributed by atoms with van der Waals surface area (Å²) in [5.74, 6) is -0.684. The third-order valence-electron chi connectivity index (χ3n) is 7.95. The average Bonchev–Trinajstić information content (AvgIpc) is 3.44. The molecule has 2 aromatic heterocycles. The molecule has 6 nitrogen and oxygen atoms in total. The maximum absolute atomic E-state index is 13.8. The lowest BCUT2D eigenvalue weighted by atomic mass is 9.93. The molecule has 2 saturated carbocycles. The highest BCUT2D eigenvalue weighted by Gasteiger charge is 2.24. The number of benzene rings is 2. The Kier molecular flexibility index (Phi) is 8.42. The SMILES string of the molecule is N#Cc1cc2c(Br)cn(C3CCC(=O)CC3)c2cc1F.N#Cc1cc2c(Br)cn(C3CCC(O)CC3)c2cc1F. The maximum Gasteiger partial charge on any atom is 0.143 e. The molecule has 2 fully saturated rings. The molecular weight excluding hydrogens is 646 g/mol. The third-order valence-corrected chi connectivity index (χ3v) is 9.22. The van der Waals surface area contributed by atoms with E-state index >= 15 is 0 Å². The van der Waals surface area contributed by atoms with Gasteiger partial charge in [0, 0.05) is 57.0 Å². The molecule has 2 aromatic carbocycles.